The molecule has 0 aliphatic carbocycles. The average molecular weight is 524 g/mol. The maximum atomic E-state index is 14.0. The second-order valence-corrected chi connectivity index (χ2v) is 11.6. The molecule has 2 fully saturated rings. The van der Waals surface area contributed by atoms with Gasteiger partial charge in [-0.15, -0.1) is 0 Å². The Hall–Kier alpha value is -3.30. The van der Waals surface area contributed by atoms with Crippen LogP contribution in [0.15, 0.2) is 64.0 Å². The Morgan fingerprint density at radius 2 is 1.78 bits per heavy atom. The molecule has 7 nitrogen and oxygen atoms in total. The molecule has 5 rings (SSSR count). The molecular formula is C28H30FN3O4S. The SMILES string of the molecule is Cc1noc(C=Cc2ccccc2F)c1S(=O)(=O)N1CCCC(C(=O)N2CCC(c3ccccc3)C2)C1. The first-order chi connectivity index (χ1) is 17.8. The molecule has 0 saturated carbocycles. The first-order valence-electron chi connectivity index (χ1n) is 12.6. The number of rotatable bonds is 6. The van der Waals surface area contributed by atoms with E-state index in [0.717, 1.165) is 6.42 Å². The molecular weight excluding hydrogens is 493 g/mol. The number of piperidine rings is 1. The molecule has 3 heterocycles. The van der Waals surface area contributed by atoms with Gasteiger partial charge in [0.15, 0.2) is 10.7 Å². The fourth-order valence-electron chi connectivity index (χ4n) is 5.28. The number of nitrogens with zero attached hydrogens (tertiary/aromatic N) is 3. The lowest BCUT2D eigenvalue weighted by Crippen LogP contribution is -2.46. The zero-order chi connectivity index (χ0) is 26.0. The summed E-state index contributed by atoms with van der Waals surface area (Å²) in [6.07, 6.45) is 5.04. The topological polar surface area (TPSA) is 83.7 Å². The molecule has 3 aromatic rings. The largest absolute Gasteiger partial charge is 0.355 e. The van der Waals surface area contributed by atoms with Gasteiger partial charge in [0.1, 0.15) is 11.5 Å². The van der Waals surface area contributed by atoms with E-state index >= 15 is 0 Å². The van der Waals surface area contributed by atoms with Crippen LogP contribution in [0.2, 0.25) is 0 Å². The Bertz CT molecular complexity index is 1400. The Morgan fingerprint density at radius 1 is 1.03 bits per heavy atom. The van der Waals surface area contributed by atoms with Crippen LogP contribution in [0.1, 0.15) is 47.8 Å². The number of amides is 1. The van der Waals surface area contributed by atoms with Crippen LogP contribution in [0.3, 0.4) is 0 Å². The highest BCUT2D eigenvalue weighted by atomic mass is 32.2. The van der Waals surface area contributed by atoms with Crippen molar-refractivity contribution in [2.75, 3.05) is 26.2 Å². The van der Waals surface area contributed by atoms with Gasteiger partial charge in [-0.25, -0.2) is 12.8 Å². The molecule has 194 valence electrons. The number of carbonyl (C=O) groups excluding carboxylic acids is 1. The second-order valence-electron chi connectivity index (χ2n) is 9.70. The van der Waals surface area contributed by atoms with Crippen LogP contribution in [0.5, 0.6) is 0 Å². The smallest absolute Gasteiger partial charge is 0.248 e. The third-order valence-corrected chi connectivity index (χ3v) is 9.28. The fraction of sp³-hybridized carbons (Fsp3) is 0.357. The lowest BCUT2D eigenvalue weighted by molar-refractivity contribution is -0.135. The minimum atomic E-state index is -3.98. The summed E-state index contributed by atoms with van der Waals surface area (Å²) in [6, 6.07) is 16.4. The highest BCUT2D eigenvalue weighted by Gasteiger charge is 2.39. The van der Waals surface area contributed by atoms with Crippen molar-refractivity contribution in [3.63, 3.8) is 0 Å². The zero-order valence-corrected chi connectivity index (χ0v) is 21.5. The minimum Gasteiger partial charge on any atom is -0.355 e. The van der Waals surface area contributed by atoms with Gasteiger partial charge >= 0.3 is 0 Å². The van der Waals surface area contributed by atoms with Crippen molar-refractivity contribution in [2.24, 2.45) is 5.92 Å². The highest BCUT2D eigenvalue weighted by molar-refractivity contribution is 7.89. The summed E-state index contributed by atoms with van der Waals surface area (Å²) < 4.78 is 48.1. The Labute approximate surface area is 216 Å². The Balaban J connectivity index is 1.31. The molecule has 37 heavy (non-hydrogen) atoms. The van der Waals surface area contributed by atoms with Gasteiger partial charge in [0, 0.05) is 37.7 Å². The van der Waals surface area contributed by atoms with Crippen LogP contribution >= 0.6 is 0 Å². The number of aryl methyl sites for hydroxylation is 1. The predicted molar refractivity (Wildman–Crippen MR) is 138 cm³/mol. The van der Waals surface area contributed by atoms with E-state index in [4.69, 9.17) is 4.52 Å². The standard InChI is InChI=1S/C28H30FN3O4S/c1-20-27(26(36-30-20)14-13-22-10-5-6-12-25(22)29)37(34,35)32-16-7-11-24(19-32)28(33)31-17-15-23(18-31)21-8-3-2-4-9-21/h2-6,8-10,12-14,23-24H,7,11,15-19H2,1H3. The lowest BCUT2D eigenvalue weighted by Gasteiger charge is -2.33. The number of likely N-dealkylation sites (tertiary alicyclic amines) is 1. The second kappa shape index (κ2) is 10.6. The van der Waals surface area contributed by atoms with E-state index in [1.165, 1.54) is 28.1 Å². The van der Waals surface area contributed by atoms with Gasteiger partial charge in [-0.2, -0.15) is 4.31 Å². The van der Waals surface area contributed by atoms with E-state index in [-0.39, 0.29) is 28.8 Å². The van der Waals surface area contributed by atoms with Crippen LogP contribution in [0.4, 0.5) is 4.39 Å². The van der Waals surface area contributed by atoms with Gasteiger partial charge < -0.3 is 9.42 Å². The van der Waals surface area contributed by atoms with Crippen molar-refractivity contribution in [3.8, 4) is 0 Å². The summed E-state index contributed by atoms with van der Waals surface area (Å²) in [5.74, 6) is -0.458. The summed E-state index contributed by atoms with van der Waals surface area (Å²) in [4.78, 5) is 15.2. The number of sulfonamides is 1. The molecule has 2 aliphatic heterocycles. The molecule has 2 aromatic carbocycles. The number of halogens is 1. The third kappa shape index (κ3) is 5.24. The van der Waals surface area contributed by atoms with Gasteiger partial charge in [0.05, 0.1) is 5.92 Å². The van der Waals surface area contributed by atoms with Crippen molar-refractivity contribution in [1.29, 1.82) is 0 Å². The summed E-state index contributed by atoms with van der Waals surface area (Å²) in [5, 5.41) is 3.87. The maximum Gasteiger partial charge on any atom is 0.248 e. The highest BCUT2D eigenvalue weighted by Crippen LogP contribution is 2.32. The Kier molecular flexibility index (Phi) is 7.26. The molecule has 2 unspecified atom stereocenters. The molecule has 0 radical (unpaired) electrons. The van der Waals surface area contributed by atoms with Crippen molar-refractivity contribution in [2.45, 2.75) is 37.0 Å². The number of benzene rings is 2. The van der Waals surface area contributed by atoms with E-state index < -0.39 is 21.8 Å². The van der Waals surface area contributed by atoms with Crippen LogP contribution in [0, 0.1) is 18.7 Å². The summed E-state index contributed by atoms with van der Waals surface area (Å²) in [5.41, 5.74) is 1.76. The molecule has 0 N–H and O–H groups in total. The molecule has 2 aliphatic rings. The number of carbonyl (C=O) groups is 1. The van der Waals surface area contributed by atoms with E-state index in [9.17, 15) is 17.6 Å². The van der Waals surface area contributed by atoms with Crippen LogP contribution in [-0.4, -0.2) is 54.9 Å². The molecule has 0 bridgehead atoms. The van der Waals surface area contributed by atoms with E-state index in [2.05, 4.69) is 17.3 Å². The Morgan fingerprint density at radius 3 is 2.57 bits per heavy atom. The van der Waals surface area contributed by atoms with E-state index in [1.807, 2.05) is 23.1 Å². The summed E-state index contributed by atoms with van der Waals surface area (Å²) in [6.45, 7) is 3.34. The van der Waals surface area contributed by atoms with Crippen LogP contribution < -0.4 is 0 Å². The lowest BCUT2D eigenvalue weighted by atomic mass is 9.97. The maximum absolute atomic E-state index is 14.0. The van der Waals surface area contributed by atoms with Gasteiger partial charge in [0.2, 0.25) is 15.9 Å². The van der Waals surface area contributed by atoms with Gasteiger partial charge in [-0.1, -0.05) is 53.7 Å². The van der Waals surface area contributed by atoms with E-state index in [1.54, 1.807) is 25.1 Å². The van der Waals surface area contributed by atoms with Crippen molar-refractivity contribution in [3.05, 3.63) is 83.0 Å². The summed E-state index contributed by atoms with van der Waals surface area (Å²) in [7, 11) is -3.98. The number of hydrogen-bond acceptors (Lipinski definition) is 5. The summed E-state index contributed by atoms with van der Waals surface area (Å²) >= 11 is 0. The van der Waals surface area contributed by atoms with Crippen molar-refractivity contribution in [1.82, 2.24) is 14.4 Å². The molecule has 9 heteroatoms. The minimum absolute atomic E-state index is 0.0139. The van der Waals surface area contributed by atoms with Gasteiger partial charge in [-0.3, -0.25) is 4.79 Å². The van der Waals surface area contributed by atoms with Gasteiger partial charge in [0.25, 0.3) is 0 Å². The monoisotopic (exact) mass is 523 g/mol. The zero-order valence-electron chi connectivity index (χ0n) is 20.7. The van der Waals surface area contributed by atoms with Crippen LogP contribution in [-0.2, 0) is 14.8 Å². The molecule has 2 saturated heterocycles. The normalized spacial score (nSPS) is 21.1. The first-order valence-corrected chi connectivity index (χ1v) is 14.0. The van der Waals surface area contributed by atoms with Gasteiger partial charge in [-0.05, 0) is 50.0 Å². The predicted octanol–water partition coefficient (Wildman–Crippen LogP) is 4.71. The van der Waals surface area contributed by atoms with E-state index in [0.29, 0.717) is 44.0 Å². The number of hydrogen-bond donors (Lipinski definition) is 0. The van der Waals surface area contributed by atoms with Crippen LogP contribution in [0.25, 0.3) is 12.2 Å². The van der Waals surface area contributed by atoms with Crippen molar-refractivity contribution < 1.29 is 22.1 Å². The molecule has 1 aromatic heterocycles. The number of aromatic nitrogens is 1. The fourth-order valence-corrected chi connectivity index (χ4v) is 7.06. The molecule has 1 amide bonds. The molecule has 0 spiro atoms. The van der Waals surface area contributed by atoms with Crippen molar-refractivity contribution >= 4 is 28.1 Å². The molecule has 2 atom stereocenters. The first kappa shape index (κ1) is 25.4. The average Bonchev–Trinajstić information content (AvgIpc) is 3.56. The third-order valence-electron chi connectivity index (χ3n) is 7.25. The quantitative estimate of drug-likeness (QED) is 0.467.